The summed E-state index contributed by atoms with van der Waals surface area (Å²) in [6, 6.07) is 4.97. The Morgan fingerprint density at radius 1 is 1.24 bits per heavy atom. The van der Waals surface area contributed by atoms with Gasteiger partial charge in [0.25, 0.3) is 0 Å². The lowest BCUT2D eigenvalue weighted by Crippen LogP contribution is -2.28. The van der Waals surface area contributed by atoms with Crippen LogP contribution in [-0.4, -0.2) is 47.0 Å². The molecule has 1 rings (SSSR count). The summed E-state index contributed by atoms with van der Waals surface area (Å²) in [5.41, 5.74) is 1.30. The average molecular weight is 317 g/mol. The first-order valence-corrected chi connectivity index (χ1v) is 8.32. The zero-order chi connectivity index (χ0) is 15.7. The van der Waals surface area contributed by atoms with Crippen LogP contribution >= 0.6 is 0 Å². The standard InChI is InChI=1S/C14H23NO5S/c1-3-13-5-4-12(11-16)10-14(13)21(17,18)15-6-7-20-9-8-19-2/h4-5,10,15-16H,3,6-9,11H2,1-2H3. The fourth-order valence-corrected chi connectivity index (χ4v) is 3.18. The molecule has 6 nitrogen and oxygen atoms in total. The van der Waals surface area contributed by atoms with Crippen molar-refractivity contribution in [3.8, 4) is 0 Å². The van der Waals surface area contributed by atoms with Gasteiger partial charge in [-0.2, -0.15) is 0 Å². The van der Waals surface area contributed by atoms with Crippen LogP contribution in [0, 0.1) is 0 Å². The van der Waals surface area contributed by atoms with E-state index in [4.69, 9.17) is 14.6 Å². The van der Waals surface area contributed by atoms with Crippen molar-refractivity contribution in [1.82, 2.24) is 4.72 Å². The first-order chi connectivity index (χ1) is 10.0. The number of nitrogens with one attached hydrogen (secondary N) is 1. The molecule has 0 aliphatic rings. The highest BCUT2D eigenvalue weighted by atomic mass is 32.2. The van der Waals surface area contributed by atoms with Crippen molar-refractivity contribution < 1.29 is 23.0 Å². The molecule has 0 atom stereocenters. The van der Waals surface area contributed by atoms with Gasteiger partial charge in [0.1, 0.15) is 0 Å². The van der Waals surface area contributed by atoms with Gasteiger partial charge in [0.15, 0.2) is 0 Å². The van der Waals surface area contributed by atoms with E-state index >= 15 is 0 Å². The van der Waals surface area contributed by atoms with Crippen LogP contribution in [-0.2, 0) is 32.5 Å². The summed E-state index contributed by atoms with van der Waals surface area (Å²) in [6.07, 6.45) is 0.603. The van der Waals surface area contributed by atoms with E-state index in [1.807, 2.05) is 6.92 Å². The van der Waals surface area contributed by atoms with Crippen molar-refractivity contribution in [3.63, 3.8) is 0 Å². The minimum Gasteiger partial charge on any atom is -0.392 e. The molecular formula is C14H23NO5S. The van der Waals surface area contributed by atoms with E-state index in [2.05, 4.69) is 4.72 Å². The van der Waals surface area contributed by atoms with Gasteiger partial charge in [-0.05, 0) is 23.6 Å². The second kappa shape index (κ2) is 9.11. The number of aryl methyl sites for hydroxylation is 1. The molecule has 0 saturated heterocycles. The molecule has 0 aromatic heterocycles. The molecule has 2 N–H and O–H groups in total. The average Bonchev–Trinajstić information content (AvgIpc) is 2.50. The lowest BCUT2D eigenvalue weighted by atomic mass is 10.1. The second-order valence-electron chi connectivity index (χ2n) is 4.46. The van der Waals surface area contributed by atoms with E-state index in [9.17, 15) is 8.42 Å². The van der Waals surface area contributed by atoms with E-state index in [1.165, 1.54) is 6.07 Å². The van der Waals surface area contributed by atoms with Crippen LogP contribution < -0.4 is 4.72 Å². The summed E-state index contributed by atoms with van der Waals surface area (Å²) < 4.78 is 37.1. The van der Waals surface area contributed by atoms with E-state index in [0.717, 1.165) is 5.56 Å². The molecule has 0 unspecified atom stereocenters. The molecule has 0 bridgehead atoms. The predicted molar refractivity (Wildman–Crippen MR) is 79.6 cm³/mol. The third-order valence-electron chi connectivity index (χ3n) is 2.95. The molecule has 1 aromatic rings. The molecule has 0 aliphatic carbocycles. The van der Waals surface area contributed by atoms with Gasteiger partial charge in [-0.1, -0.05) is 19.1 Å². The minimum absolute atomic E-state index is 0.188. The second-order valence-corrected chi connectivity index (χ2v) is 6.19. The highest BCUT2D eigenvalue weighted by Gasteiger charge is 2.17. The lowest BCUT2D eigenvalue weighted by Gasteiger charge is -2.12. The van der Waals surface area contributed by atoms with Crippen LogP contribution in [0.2, 0.25) is 0 Å². The first-order valence-electron chi connectivity index (χ1n) is 6.84. The van der Waals surface area contributed by atoms with Crippen LogP contribution in [0.3, 0.4) is 0 Å². The third-order valence-corrected chi connectivity index (χ3v) is 4.50. The summed E-state index contributed by atoms with van der Waals surface area (Å²) in [6.45, 7) is 3.08. The number of sulfonamides is 1. The van der Waals surface area contributed by atoms with Crippen molar-refractivity contribution >= 4 is 10.0 Å². The number of methoxy groups -OCH3 is 1. The van der Waals surface area contributed by atoms with Crippen molar-refractivity contribution in [2.45, 2.75) is 24.8 Å². The van der Waals surface area contributed by atoms with Gasteiger partial charge in [-0.3, -0.25) is 0 Å². The van der Waals surface area contributed by atoms with Crippen LogP contribution in [0.5, 0.6) is 0 Å². The van der Waals surface area contributed by atoms with Crippen LogP contribution in [0.15, 0.2) is 23.1 Å². The minimum atomic E-state index is -3.60. The van der Waals surface area contributed by atoms with Gasteiger partial charge in [0.05, 0.1) is 31.3 Å². The third kappa shape index (κ3) is 5.72. The van der Waals surface area contributed by atoms with Crippen molar-refractivity contribution in [3.05, 3.63) is 29.3 Å². The highest BCUT2D eigenvalue weighted by molar-refractivity contribution is 7.89. The Bertz CT molecular complexity index is 530. The maximum atomic E-state index is 12.3. The van der Waals surface area contributed by atoms with Gasteiger partial charge in [0.2, 0.25) is 10.0 Å². The Labute approximate surface area is 126 Å². The molecule has 0 aliphatic heterocycles. The van der Waals surface area contributed by atoms with E-state index in [1.54, 1.807) is 19.2 Å². The molecular weight excluding hydrogens is 294 g/mol. The van der Waals surface area contributed by atoms with Gasteiger partial charge in [0, 0.05) is 13.7 Å². The van der Waals surface area contributed by atoms with Crippen molar-refractivity contribution in [2.24, 2.45) is 0 Å². The highest BCUT2D eigenvalue weighted by Crippen LogP contribution is 2.18. The largest absolute Gasteiger partial charge is 0.392 e. The molecule has 0 spiro atoms. The Morgan fingerprint density at radius 3 is 2.62 bits per heavy atom. The smallest absolute Gasteiger partial charge is 0.240 e. The van der Waals surface area contributed by atoms with Crippen LogP contribution in [0.25, 0.3) is 0 Å². The van der Waals surface area contributed by atoms with Crippen LogP contribution in [0.4, 0.5) is 0 Å². The van der Waals surface area contributed by atoms with E-state index in [-0.39, 0.29) is 24.7 Å². The van der Waals surface area contributed by atoms with Crippen molar-refractivity contribution in [2.75, 3.05) is 33.5 Å². The predicted octanol–water partition coefficient (Wildman–Crippen LogP) is 0.683. The topological polar surface area (TPSA) is 84.9 Å². The quantitative estimate of drug-likeness (QED) is 0.620. The Morgan fingerprint density at radius 2 is 2.00 bits per heavy atom. The zero-order valence-electron chi connectivity index (χ0n) is 12.5. The van der Waals surface area contributed by atoms with E-state index in [0.29, 0.717) is 25.2 Å². The molecule has 0 fully saturated rings. The molecule has 0 heterocycles. The normalized spacial score (nSPS) is 11.8. The lowest BCUT2D eigenvalue weighted by molar-refractivity contribution is 0.0736. The first kappa shape index (κ1) is 18.1. The van der Waals surface area contributed by atoms with Gasteiger partial charge in [-0.25, -0.2) is 13.1 Å². The zero-order valence-corrected chi connectivity index (χ0v) is 13.3. The molecule has 21 heavy (non-hydrogen) atoms. The summed E-state index contributed by atoms with van der Waals surface area (Å²) in [5, 5.41) is 9.14. The number of benzene rings is 1. The Hall–Kier alpha value is -0.990. The number of ether oxygens (including phenoxy) is 2. The van der Waals surface area contributed by atoms with Crippen molar-refractivity contribution in [1.29, 1.82) is 0 Å². The summed E-state index contributed by atoms with van der Waals surface area (Å²) in [7, 11) is -2.02. The van der Waals surface area contributed by atoms with Crippen LogP contribution in [0.1, 0.15) is 18.1 Å². The molecule has 0 amide bonds. The molecule has 1 aromatic carbocycles. The maximum Gasteiger partial charge on any atom is 0.240 e. The number of aliphatic hydroxyl groups is 1. The molecule has 0 radical (unpaired) electrons. The summed E-state index contributed by atoms with van der Waals surface area (Å²) >= 11 is 0. The van der Waals surface area contributed by atoms with Gasteiger partial charge >= 0.3 is 0 Å². The molecule has 120 valence electrons. The van der Waals surface area contributed by atoms with Gasteiger partial charge in [-0.15, -0.1) is 0 Å². The monoisotopic (exact) mass is 317 g/mol. The summed E-state index contributed by atoms with van der Waals surface area (Å²) in [5.74, 6) is 0. The molecule has 0 saturated carbocycles. The number of hydrogen-bond donors (Lipinski definition) is 2. The fourth-order valence-electron chi connectivity index (χ4n) is 1.81. The van der Waals surface area contributed by atoms with E-state index < -0.39 is 10.0 Å². The Kier molecular flexibility index (Phi) is 7.84. The Balaban J connectivity index is 2.69. The SMILES string of the molecule is CCc1ccc(CO)cc1S(=O)(=O)NCCOCCOC. The number of rotatable bonds is 10. The fraction of sp³-hybridized carbons (Fsp3) is 0.571. The summed E-state index contributed by atoms with van der Waals surface area (Å²) in [4.78, 5) is 0.216. The maximum absolute atomic E-state index is 12.3. The number of hydrogen-bond acceptors (Lipinski definition) is 5. The number of aliphatic hydroxyl groups excluding tert-OH is 1. The molecule has 7 heteroatoms. The van der Waals surface area contributed by atoms with Gasteiger partial charge < -0.3 is 14.6 Å².